The molecule has 0 radical (unpaired) electrons. The first-order valence-corrected chi connectivity index (χ1v) is 4.56. The smallest absolute Gasteiger partial charge is 0.284 e. The number of allylic oxidation sites excluding steroid dienone is 1. The zero-order valence-electron chi connectivity index (χ0n) is 7.69. The molecule has 1 aromatic heterocycles. The van der Waals surface area contributed by atoms with Crippen LogP contribution in [0.25, 0.3) is 0 Å². The summed E-state index contributed by atoms with van der Waals surface area (Å²) >= 11 is 0. The van der Waals surface area contributed by atoms with E-state index in [2.05, 4.69) is 5.32 Å². The predicted octanol–water partition coefficient (Wildman–Crippen LogP) is 0.969. The fourth-order valence-electron chi connectivity index (χ4n) is 1.67. The number of furan rings is 1. The maximum absolute atomic E-state index is 11.0. The Kier molecular flexibility index (Phi) is 2.26. The number of carbonyl (C=O) groups excluding carboxylic acids is 1. The lowest BCUT2D eigenvalue weighted by Gasteiger charge is -2.16. The zero-order chi connectivity index (χ0) is 9.97. The average molecular weight is 192 g/mol. The number of hydrogen-bond acceptors (Lipinski definition) is 3. The molecule has 0 saturated carbocycles. The molecule has 4 heteroatoms. The number of amides is 1. The van der Waals surface area contributed by atoms with E-state index in [0.29, 0.717) is 0 Å². The molecular weight excluding hydrogens is 180 g/mol. The molecule has 0 aromatic carbocycles. The molecule has 1 amide bonds. The molecule has 0 aliphatic carbocycles. The number of primary amides is 1. The van der Waals surface area contributed by atoms with Crippen LogP contribution in [0.3, 0.4) is 0 Å². The zero-order valence-corrected chi connectivity index (χ0v) is 7.69. The summed E-state index contributed by atoms with van der Waals surface area (Å²) in [5.74, 6) is 0.0102. The highest BCUT2D eigenvalue weighted by Gasteiger charge is 2.19. The van der Waals surface area contributed by atoms with Crippen molar-refractivity contribution >= 4 is 5.91 Å². The molecule has 2 rings (SSSR count). The van der Waals surface area contributed by atoms with E-state index >= 15 is 0 Å². The summed E-state index contributed by atoms with van der Waals surface area (Å²) in [6.45, 7) is 0.907. The van der Waals surface area contributed by atoms with Crippen molar-refractivity contribution in [3.8, 4) is 0 Å². The Labute approximate surface area is 81.8 Å². The van der Waals surface area contributed by atoms with Crippen molar-refractivity contribution in [2.45, 2.75) is 12.3 Å². The van der Waals surface area contributed by atoms with E-state index in [1.807, 2.05) is 12.3 Å². The summed E-state index contributed by atoms with van der Waals surface area (Å²) < 4.78 is 5.05. The van der Waals surface area contributed by atoms with Crippen LogP contribution < -0.4 is 11.1 Å². The standard InChI is InChI=1S/C10H12N2O2/c11-10(13)9-8(3-6-14-9)7-1-4-12-5-2-7/h1,3-4,6-7,12H,2,5H2,(H2,11,13). The monoisotopic (exact) mass is 192 g/mol. The van der Waals surface area contributed by atoms with Crippen LogP contribution in [0.15, 0.2) is 29.0 Å². The fraction of sp³-hybridized carbons (Fsp3) is 0.300. The van der Waals surface area contributed by atoms with Gasteiger partial charge in [-0.2, -0.15) is 0 Å². The second kappa shape index (κ2) is 3.57. The molecule has 14 heavy (non-hydrogen) atoms. The molecule has 1 atom stereocenters. The van der Waals surface area contributed by atoms with Crippen LogP contribution in [0.2, 0.25) is 0 Å². The predicted molar refractivity (Wildman–Crippen MR) is 51.7 cm³/mol. The van der Waals surface area contributed by atoms with Crippen LogP contribution in [-0.4, -0.2) is 12.5 Å². The third-order valence-corrected chi connectivity index (χ3v) is 2.37. The largest absolute Gasteiger partial charge is 0.459 e. The van der Waals surface area contributed by atoms with E-state index in [1.54, 1.807) is 6.07 Å². The number of carbonyl (C=O) groups is 1. The van der Waals surface area contributed by atoms with E-state index in [1.165, 1.54) is 6.26 Å². The first-order valence-electron chi connectivity index (χ1n) is 4.56. The van der Waals surface area contributed by atoms with Gasteiger partial charge in [0.05, 0.1) is 6.26 Å². The van der Waals surface area contributed by atoms with Crippen molar-refractivity contribution in [3.05, 3.63) is 35.9 Å². The Morgan fingerprint density at radius 2 is 2.50 bits per heavy atom. The van der Waals surface area contributed by atoms with Crippen molar-refractivity contribution in [1.29, 1.82) is 0 Å². The van der Waals surface area contributed by atoms with Crippen molar-refractivity contribution in [3.63, 3.8) is 0 Å². The van der Waals surface area contributed by atoms with E-state index < -0.39 is 5.91 Å². The highest BCUT2D eigenvalue weighted by Crippen LogP contribution is 2.26. The van der Waals surface area contributed by atoms with E-state index in [9.17, 15) is 4.79 Å². The van der Waals surface area contributed by atoms with Gasteiger partial charge in [-0.3, -0.25) is 4.79 Å². The van der Waals surface area contributed by atoms with Gasteiger partial charge in [0.15, 0.2) is 5.76 Å². The summed E-state index contributed by atoms with van der Waals surface area (Å²) in [6.07, 6.45) is 6.37. The van der Waals surface area contributed by atoms with Crippen molar-refractivity contribution in [2.24, 2.45) is 5.73 Å². The molecule has 1 unspecified atom stereocenters. The van der Waals surface area contributed by atoms with Crippen molar-refractivity contribution in [2.75, 3.05) is 6.54 Å². The summed E-state index contributed by atoms with van der Waals surface area (Å²) in [5, 5.41) is 3.10. The van der Waals surface area contributed by atoms with Gasteiger partial charge < -0.3 is 15.5 Å². The van der Waals surface area contributed by atoms with Gasteiger partial charge in [0, 0.05) is 18.0 Å². The highest BCUT2D eigenvalue weighted by molar-refractivity contribution is 5.91. The summed E-state index contributed by atoms with van der Waals surface area (Å²) in [5.41, 5.74) is 6.08. The maximum atomic E-state index is 11.0. The molecule has 1 aliphatic heterocycles. The van der Waals surface area contributed by atoms with E-state index in [0.717, 1.165) is 18.5 Å². The Balaban J connectivity index is 2.30. The van der Waals surface area contributed by atoms with Gasteiger partial charge in [-0.05, 0) is 18.7 Å². The third kappa shape index (κ3) is 1.51. The second-order valence-corrected chi connectivity index (χ2v) is 3.28. The minimum atomic E-state index is -0.503. The van der Waals surface area contributed by atoms with Gasteiger partial charge in [0.1, 0.15) is 0 Å². The topological polar surface area (TPSA) is 68.3 Å². The van der Waals surface area contributed by atoms with Crippen LogP contribution >= 0.6 is 0 Å². The number of hydrogen-bond donors (Lipinski definition) is 2. The molecule has 4 nitrogen and oxygen atoms in total. The normalized spacial score (nSPS) is 20.4. The number of nitrogens with two attached hydrogens (primary N) is 1. The van der Waals surface area contributed by atoms with Gasteiger partial charge in [-0.15, -0.1) is 0 Å². The molecular formula is C10H12N2O2. The Morgan fingerprint density at radius 3 is 3.14 bits per heavy atom. The lowest BCUT2D eigenvalue weighted by Crippen LogP contribution is -2.18. The lowest BCUT2D eigenvalue weighted by atomic mass is 9.94. The van der Waals surface area contributed by atoms with Gasteiger partial charge in [-0.25, -0.2) is 0 Å². The van der Waals surface area contributed by atoms with Gasteiger partial charge in [0.2, 0.25) is 0 Å². The Hall–Kier alpha value is -1.71. The molecule has 74 valence electrons. The molecule has 0 saturated heterocycles. The van der Waals surface area contributed by atoms with E-state index in [4.69, 9.17) is 10.2 Å². The van der Waals surface area contributed by atoms with Gasteiger partial charge in [-0.1, -0.05) is 6.08 Å². The summed E-state index contributed by atoms with van der Waals surface area (Å²) in [6, 6.07) is 1.81. The van der Waals surface area contributed by atoms with Crippen molar-refractivity contribution < 1.29 is 9.21 Å². The molecule has 3 N–H and O–H groups in total. The van der Waals surface area contributed by atoms with Crippen molar-refractivity contribution in [1.82, 2.24) is 5.32 Å². The van der Waals surface area contributed by atoms with Crippen LogP contribution in [0, 0.1) is 0 Å². The minimum absolute atomic E-state index is 0.234. The van der Waals surface area contributed by atoms with Crippen LogP contribution in [0.1, 0.15) is 28.5 Å². The second-order valence-electron chi connectivity index (χ2n) is 3.28. The maximum Gasteiger partial charge on any atom is 0.284 e. The number of nitrogens with one attached hydrogen (secondary N) is 1. The van der Waals surface area contributed by atoms with Gasteiger partial charge >= 0.3 is 0 Å². The average Bonchev–Trinajstić information content (AvgIpc) is 2.67. The molecule has 1 aliphatic rings. The van der Waals surface area contributed by atoms with Gasteiger partial charge in [0.25, 0.3) is 5.91 Å². The van der Waals surface area contributed by atoms with Crippen LogP contribution in [0.4, 0.5) is 0 Å². The SMILES string of the molecule is NC(=O)c1occc1C1C=CNCC1. The quantitative estimate of drug-likeness (QED) is 0.733. The molecule has 0 spiro atoms. The summed E-state index contributed by atoms with van der Waals surface area (Å²) in [4.78, 5) is 11.0. The first-order chi connectivity index (χ1) is 6.79. The van der Waals surface area contributed by atoms with E-state index in [-0.39, 0.29) is 11.7 Å². The Morgan fingerprint density at radius 1 is 1.64 bits per heavy atom. The lowest BCUT2D eigenvalue weighted by molar-refractivity contribution is 0.0972. The third-order valence-electron chi connectivity index (χ3n) is 2.37. The van der Waals surface area contributed by atoms with Crippen LogP contribution in [-0.2, 0) is 0 Å². The highest BCUT2D eigenvalue weighted by atomic mass is 16.3. The number of rotatable bonds is 2. The first kappa shape index (κ1) is 8.87. The minimum Gasteiger partial charge on any atom is -0.459 e. The summed E-state index contributed by atoms with van der Waals surface area (Å²) in [7, 11) is 0. The Bertz CT molecular complexity index is 368. The fourth-order valence-corrected chi connectivity index (χ4v) is 1.67. The molecule has 0 bridgehead atoms. The molecule has 0 fully saturated rings. The van der Waals surface area contributed by atoms with Crippen LogP contribution in [0.5, 0.6) is 0 Å². The molecule has 1 aromatic rings. The molecule has 2 heterocycles.